The quantitative estimate of drug-likeness (QED) is 0.927. The van der Waals surface area contributed by atoms with Crippen LogP contribution in [-0.4, -0.2) is 19.3 Å². The van der Waals surface area contributed by atoms with E-state index in [1.165, 1.54) is 17.5 Å². The van der Waals surface area contributed by atoms with Crippen molar-refractivity contribution in [3.8, 4) is 11.5 Å². The van der Waals surface area contributed by atoms with Gasteiger partial charge in [-0.1, -0.05) is 18.2 Å². The first-order chi connectivity index (χ1) is 10.2. The molecular formula is C18H21NO2. The van der Waals surface area contributed by atoms with Crippen LogP contribution < -0.4 is 9.64 Å². The lowest BCUT2D eigenvalue weighted by molar-refractivity contribution is 0.412. The summed E-state index contributed by atoms with van der Waals surface area (Å²) in [5.74, 6) is 1.22. The van der Waals surface area contributed by atoms with Crippen LogP contribution in [0.25, 0.3) is 0 Å². The predicted octanol–water partition coefficient (Wildman–Crippen LogP) is 3.91. The van der Waals surface area contributed by atoms with Crippen molar-refractivity contribution in [2.75, 3.05) is 19.1 Å². The minimum atomic E-state index is 0.275. The Morgan fingerprint density at radius 2 is 2.00 bits per heavy atom. The van der Waals surface area contributed by atoms with Crippen molar-refractivity contribution in [1.82, 2.24) is 0 Å². The van der Waals surface area contributed by atoms with Gasteiger partial charge < -0.3 is 14.7 Å². The maximum Gasteiger partial charge on any atom is 0.142 e. The van der Waals surface area contributed by atoms with E-state index in [-0.39, 0.29) is 6.04 Å². The maximum atomic E-state index is 9.82. The van der Waals surface area contributed by atoms with Crippen LogP contribution in [0, 0.1) is 0 Å². The summed E-state index contributed by atoms with van der Waals surface area (Å²) in [6.07, 6.45) is 3.35. The monoisotopic (exact) mass is 283 g/mol. The number of anilines is 1. The Kier molecular flexibility index (Phi) is 3.74. The molecule has 2 aromatic rings. The zero-order chi connectivity index (χ0) is 14.8. The van der Waals surface area contributed by atoms with E-state index in [0.717, 1.165) is 24.3 Å². The average Bonchev–Trinajstić information content (AvgIpc) is 2.53. The van der Waals surface area contributed by atoms with Gasteiger partial charge >= 0.3 is 0 Å². The van der Waals surface area contributed by atoms with Gasteiger partial charge in [-0.2, -0.15) is 0 Å². The molecule has 1 aliphatic rings. The highest BCUT2D eigenvalue weighted by Gasteiger charge is 2.25. The van der Waals surface area contributed by atoms with Gasteiger partial charge in [-0.05, 0) is 54.7 Å². The topological polar surface area (TPSA) is 32.7 Å². The highest BCUT2D eigenvalue weighted by atomic mass is 16.5. The Morgan fingerprint density at radius 3 is 2.81 bits per heavy atom. The summed E-state index contributed by atoms with van der Waals surface area (Å²) in [6, 6.07) is 14.1. The molecule has 1 N–H and O–H groups in total. The molecule has 0 radical (unpaired) electrons. The normalized spacial score (nSPS) is 17.1. The van der Waals surface area contributed by atoms with E-state index < -0.39 is 0 Å². The Morgan fingerprint density at radius 1 is 1.19 bits per heavy atom. The van der Waals surface area contributed by atoms with E-state index in [2.05, 4.69) is 18.0 Å². The molecule has 0 saturated heterocycles. The minimum Gasteiger partial charge on any atom is -0.508 e. The zero-order valence-electron chi connectivity index (χ0n) is 12.5. The van der Waals surface area contributed by atoms with Crippen molar-refractivity contribution in [3.63, 3.8) is 0 Å². The number of hydrogen-bond donors (Lipinski definition) is 1. The van der Waals surface area contributed by atoms with E-state index in [4.69, 9.17) is 4.74 Å². The third-order valence-corrected chi connectivity index (χ3v) is 4.34. The van der Waals surface area contributed by atoms with Crippen LogP contribution in [0.15, 0.2) is 42.5 Å². The molecule has 0 heterocycles. The van der Waals surface area contributed by atoms with Crippen LogP contribution >= 0.6 is 0 Å². The smallest absolute Gasteiger partial charge is 0.142 e. The average molecular weight is 283 g/mol. The highest BCUT2D eigenvalue weighted by Crippen LogP contribution is 2.40. The van der Waals surface area contributed by atoms with Gasteiger partial charge in [-0.15, -0.1) is 0 Å². The fourth-order valence-electron chi connectivity index (χ4n) is 3.25. The van der Waals surface area contributed by atoms with Gasteiger partial charge in [-0.25, -0.2) is 0 Å². The standard InChI is InChI=1S/C18H21NO2/c1-19(17-7-3-4-9-18(17)21-2)16-8-5-6-13-10-11-14(20)12-15(13)16/h3-4,7,9-12,16,20H,5-6,8H2,1-2H3. The molecule has 1 atom stereocenters. The Labute approximate surface area is 125 Å². The van der Waals surface area contributed by atoms with E-state index in [1.807, 2.05) is 30.3 Å². The number of benzene rings is 2. The highest BCUT2D eigenvalue weighted by molar-refractivity contribution is 5.60. The van der Waals surface area contributed by atoms with Gasteiger partial charge in [0.1, 0.15) is 11.5 Å². The Balaban J connectivity index is 2.00. The molecule has 0 spiro atoms. The summed E-state index contributed by atoms with van der Waals surface area (Å²) in [7, 11) is 3.80. The summed E-state index contributed by atoms with van der Waals surface area (Å²) in [5, 5.41) is 9.82. The lowest BCUT2D eigenvalue weighted by Crippen LogP contribution is -2.27. The van der Waals surface area contributed by atoms with Crippen molar-refractivity contribution in [1.29, 1.82) is 0 Å². The third kappa shape index (κ3) is 2.56. The van der Waals surface area contributed by atoms with E-state index in [0.29, 0.717) is 5.75 Å². The van der Waals surface area contributed by atoms with Crippen LogP contribution in [0.2, 0.25) is 0 Å². The molecule has 3 rings (SSSR count). The SMILES string of the molecule is COc1ccccc1N(C)C1CCCc2ccc(O)cc21. The van der Waals surface area contributed by atoms with Crippen molar-refractivity contribution < 1.29 is 9.84 Å². The predicted molar refractivity (Wildman–Crippen MR) is 85.2 cm³/mol. The van der Waals surface area contributed by atoms with Gasteiger partial charge in [0.2, 0.25) is 0 Å². The molecule has 1 aliphatic carbocycles. The number of phenols is 1. The Hall–Kier alpha value is -2.16. The number of phenolic OH excluding ortho intramolecular Hbond substituents is 1. The van der Waals surface area contributed by atoms with Crippen LogP contribution in [0.5, 0.6) is 11.5 Å². The first-order valence-electron chi connectivity index (χ1n) is 7.38. The molecule has 1 unspecified atom stereocenters. The van der Waals surface area contributed by atoms with Crippen molar-refractivity contribution in [2.24, 2.45) is 0 Å². The number of fused-ring (bicyclic) bond motifs is 1. The van der Waals surface area contributed by atoms with E-state index in [9.17, 15) is 5.11 Å². The van der Waals surface area contributed by atoms with Gasteiger partial charge in [0.15, 0.2) is 0 Å². The second-order valence-electron chi connectivity index (χ2n) is 5.57. The number of aryl methyl sites for hydroxylation is 1. The molecule has 3 nitrogen and oxygen atoms in total. The number of aromatic hydroxyl groups is 1. The fourth-order valence-corrected chi connectivity index (χ4v) is 3.25. The number of hydrogen-bond acceptors (Lipinski definition) is 3. The van der Waals surface area contributed by atoms with Crippen molar-refractivity contribution >= 4 is 5.69 Å². The molecule has 3 heteroatoms. The first kappa shape index (κ1) is 13.8. The van der Waals surface area contributed by atoms with Gasteiger partial charge in [0.25, 0.3) is 0 Å². The Bertz CT molecular complexity index is 639. The number of ether oxygens (including phenoxy) is 1. The number of methoxy groups -OCH3 is 1. The zero-order valence-corrected chi connectivity index (χ0v) is 12.5. The molecular weight excluding hydrogens is 262 g/mol. The minimum absolute atomic E-state index is 0.275. The number of nitrogens with zero attached hydrogens (tertiary/aromatic N) is 1. The molecule has 0 fully saturated rings. The summed E-state index contributed by atoms with van der Waals surface area (Å²) in [6.45, 7) is 0. The van der Waals surface area contributed by atoms with Crippen LogP contribution in [0.1, 0.15) is 30.0 Å². The molecule has 2 aromatic carbocycles. The second kappa shape index (κ2) is 5.68. The fraction of sp³-hybridized carbons (Fsp3) is 0.333. The van der Waals surface area contributed by atoms with E-state index >= 15 is 0 Å². The summed E-state index contributed by atoms with van der Waals surface area (Å²) in [4.78, 5) is 2.26. The summed E-state index contributed by atoms with van der Waals surface area (Å²) >= 11 is 0. The first-order valence-corrected chi connectivity index (χ1v) is 7.38. The van der Waals surface area contributed by atoms with Crippen molar-refractivity contribution in [3.05, 3.63) is 53.6 Å². The maximum absolute atomic E-state index is 9.82. The molecule has 21 heavy (non-hydrogen) atoms. The lowest BCUT2D eigenvalue weighted by atomic mass is 9.86. The molecule has 0 aliphatic heterocycles. The van der Waals surface area contributed by atoms with Gasteiger partial charge in [0.05, 0.1) is 18.8 Å². The molecule has 0 bridgehead atoms. The summed E-state index contributed by atoms with van der Waals surface area (Å²) in [5.41, 5.74) is 3.65. The van der Waals surface area contributed by atoms with E-state index in [1.54, 1.807) is 13.2 Å². The molecule has 0 aromatic heterocycles. The number of rotatable bonds is 3. The van der Waals surface area contributed by atoms with Crippen LogP contribution in [0.3, 0.4) is 0 Å². The summed E-state index contributed by atoms with van der Waals surface area (Å²) < 4.78 is 5.48. The molecule has 0 amide bonds. The number of para-hydroxylation sites is 2. The van der Waals surface area contributed by atoms with Crippen LogP contribution in [-0.2, 0) is 6.42 Å². The molecule has 0 saturated carbocycles. The van der Waals surface area contributed by atoms with Gasteiger partial charge in [0, 0.05) is 7.05 Å². The largest absolute Gasteiger partial charge is 0.508 e. The lowest BCUT2D eigenvalue weighted by Gasteiger charge is -2.35. The van der Waals surface area contributed by atoms with Gasteiger partial charge in [-0.3, -0.25) is 0 Å². The second-order valence-corrected chi connectivity index (χ2v) is 5.57. The van der Waals surface area contributed by atoms with Crippen molar-refractivity contribution in [2.45, 2.75) is 25.3 Å². The third-order valence-electron chi connectivity index (χ3n) is 4.34. The van der Waals surface area contributed by atoms with Crippen LogP contribution in [0.4, 0.5) is 5.69 Å². The molecule has 110 valence electrons.